The third kappa shape index (κ3) is 6.07. The molecule has 0 spiro atoms. The van der Waals surface area contributed by atoms with E-state index in [-0.39, 0.29) is 11.8 Å². The topological polar surface area (TPSA) is 61.4 Å². The lowest BCUT2D eigenvalue weighted by molar-refractivity contribution is -0.117. The van der Waals surface area contributed by atoms with Gasteiger partial charge in [-0.3, -0.25) is 14.5 Å². The van der Waals surface area contributed by atoms with Crippen molar-refractivity contribution in [1.82, 2.24) is 4.90 Å². The van der Waals surface area contributed by atoms with E-state index in [1.807, 2.05) is 13.0 Å². The highest BCUT2D eigenvalue weighted by Crippen LogP contribution is 2.23. The van der Waals surface area contributed by atoms with Gasteiger partial charge in [-0.25, -0.2) is 0 Å². The average Bonchev–Trinajstić information content (AvgIpc) is 2.93. The number of halogens is 1. The molecular weight excluding hydrogens is 390 g/mol. The van der Waals surface area contributed by atoms with Crippen molar-refractivity contribution in [1.29, 1.82) is 0 Å². The summed E-state index contributed by atoms with van der Waals surface area (Å²) in [7, 11) is 0. The second-order valence-electron chi connectivity index (χ2n) is 5.32. The van der Waals surface area contributed by atoms with Crippen LogP contribution in [0, 0.1) is 0 Å². The number of benzene rings is 1. The number of carbonyl (C=O) groups excluding carboxylic acids is 2. The third-order valence-corrected chi connectivity index (χ3v) is 4.92. The minimum absolute atomic E-state index is 0.0558. The maximum absolute atomic E-state index is 12.2. The Balaban J connectivity index is 1.87. The minimum Gasteiger partial charge on any atom is -0.326 e. The molecule has 1 aromatic heterocycles. The number of nitrogens with zero attached hydrogens (tertiary/aromatic N) is 1. The van der Waals surface area contributed by atoms with Crippen LogP contribution >= 0.6 is 27.3 Å². The molecule has 2 amide bonds. The SMILES string of the molecule is CCN(CC(=O)Nc1ccc(NC(C)=O)cc1)Cc1ccc(Br)s1. The molecule has 2 rings (SSSR count). The zero-order valence-electron chi connectivity index (χ0n) is 13.6. The number of thiophene rings is 1. The number of anilines is 2. The Bertz CT molecular complexity index is 700. The molecule has 0 aliphatic heterocycles. The monoisotopic (exact) mass is 409 g/mol. The van der Waals surface area contributed by atoms with Gasteiger partial charge in [0.1, 0.15) is 0 Å². The van der Waals surface area contributed by atoms with Crippen molar-refractivity contribution in [3.05, 3.63) is 45.1 Å². The quantitative estimate of drug-likeness (QED) is 0.727. The van der Waals surface area contributed by atoms with Crippen LogP contribution in [0.2, 0.25) is 0 Å². The van der Waals surface area contributed by atoms with Gasteiger partial charge < -0.3 is 10.6 Å². The number of hydrogen-bond donors (Lipinski definition) is 2. The van der Waals surface area contributed by atoms with E-state index >= 15 is 0 Å². The smallest absolute Gasteiger partial charge is 0.238 e. The second kappa shape index (κ2) is 8.96. The maximum atomic E-state index is 12.2. The van der Waals surface area contributed by atoms with E-state index in [9.17, 15) is 9.59 Å². The van der Waals surface area contributed by atoms with Crippen LogP contribution in [0.25, 0.3) is 0 Å². The molecule has 0 saturated carbocycles. The molecule has 1 heterocycles. The van der Waals surface area contributed by atoms with Gasteiger partial charge in [0.15, 0.2) is 0 Å². The van der Waals surface area contributed by atoms with Gasteiger partial charge in [-0.1, -0.05) is 6.92 Å². The molecule has 0 unspecified atom stereocenters. The molecule has 0 aliphatic rings. The molecule has 24 heavy (non-hydrogen) atoms. The first kappa shape index (κ1) is 18.6. The van der Waals surface area contributed by atoms with E-state index in [1.165, 1.54) is 11.8 Å². The predicted octanol–water partition coefficient (Wildman–Crippen LogP) is 3.93. The van der Waals surface area contributed by atoms with Crippen LogP contribution in [0.3, 0.4) is 0 Å². The Hall–Kier alpha value is -1.70. The number of carbonyl (C=O) groups is 2. The van der Waals surface area contributed by atoms with E-state index in [2.05, 4.69) is 37.5 Å². The maximum Gasteiger partial charge on any atom is 0.238 e. The van der Waals surface area contributed by atoms with Crippen LogP contribution in [0.4, 0.5) is 11.4 Å². The Kier molecular flexibility index (Phi) is 6.96. The molecule has 1 aromatic carbocycles. The minimum atomic E-state index is -0.120. The van der Waals surface area contributed by atoms with Crippen LogP contribution < -0.4 is 10.6 Å². The summed E-state index contributed by atoms with van der Waals surface area (Å²) in [5.74, 6) is -0.176. The third-order valence-electron chi connectivity index (χ3n) is 3.31. The summed E-state index contributed by atoms with van der Waals surface area (Å²) in [5.41, 5.74) is 1.42. The Labute approximate surface area is 154 Å². The normalized spacial score (nSPS) is 10.7. The lowest BCUT2D eigenvalue weighted by Gasteiger charge is -2.19. The summed E-state index contributed by atoms with van der Waals surface area (Å²) in [6, 6.07) is 11.2. The summed E-state index contributed by atoms with van der Waals surface area (Å²) >= 11 is 5.13. The van der Waals surface area contributed by atoms with Gasteiger partial charge in [-0.2, -0.15) is 0 Å². The number of nitrogens with one attached hydrogen (secondary N) is 2. The van der Waals surface area contributed by atoms with Gasteiger partial charge in [-0.15, -0.1) is 11.3 Å². The summed E-state index contributed by atoms with van der Waals surface area (Å²) in [6.07, 6.45) is 0. The Morgan fingerprint density at radius 2 is 1.71 bits per heavy atom. The van der Waals surface area contributed by atoms with Gasteiger partial charge in [0.25, 0.3) is 0 Å². The molecule has 0 fully saturated rings. The van der Waals surface area contributed by atoms with E-state index in [1.54, 1.807) is 35.6 Å². The number of amides is 2. The van der Waals surface area contributed by atoms with Gasteiger partial charge in [0, 0.05) is 29.7 Å². The first-order valence-corrected chi connectivity index (χ1v) is 9.21. The summed E-state index contributed by atoms with van der Waals surface area (Å²) in [6.45, 7) is 5.38. The van der Waals surface area contributed by atoms with Crippen molar-refractivity contribution in [3.63, 3.8) is 0 Å². The van der Waals surface area contributed by atoms with E-state index in [0.717, 1.165) is 16.9 Å². The van der Waals surface area contributed by atoms with Crippen LogP contribution in [0.15, 0.2) is 40.2 Å². The molecule has 0 atom stereocenters. The van der Waals surface area contributed by atoms with Crippen LogP contribution in [-0.2, 0) is 16.1 Å². The molecule has 0 saturated heterocycles. The molecule has 5 nitrogen and oxygen atoms in total. The van der Waals surface area contributed by atoms with Crippen LogP contribution in [0.5, 0.6) is 0 Å². The lowest BCUT2D eigenvalue weighted by atomic mass is 10.2. The molecule has 128 valence electrons. The van der Waals surface area contributed by atoms with Crippen molar-refractivity contribution < 1.29 is 9.59 Å². The lowest BCUT2D eigenvalue weighted by Crippen LogP contribution is -2.32. The largest absolute Gasteiger partial charge is 0.326 e. The fourth-order valence-corrected chi connectivity index (χ4v) is 3.71. The van der Waals surface area contributed by atoms with Gasteiger partial charge in [0.05, 0.1) is 10.3 Å². The first-order valence-electron chi connectivity index (χ1n) is 7.60. The van der Waals surface area contributed by atoms with Gasteiger partial charge in [0.2, 0.25) is 11.8 Å². The molecule has 2 aromatic rings. The molecule has 0 aliphatic carbocycles. The van der Waals surface area contributed by atoms with Crippen molar-refractivity contribution in [2.75, 3.05) is 23.7 Å². The zero-order chi connectivity index (χ0) is 17.5. The number of hydrogen-bond acceptors (Lipinski definition) is 4. The predicted molar refractivity (Wildman–Crippen MR) is 102 cm³/mol. The van der Waals surface area contributed by atoms with E-state index < -0.39 is 0 Å². The molecule has 7 heteroatoms. The average molecular weight is 410 g/mol. The fraction of sp³-hybridized carbons (Fsp3) is 0.294. The standard InChI is InChI=1S/C17H20BrN3O2S/c1-3-21(10-15-8-9-16(18)24-15)11-17(23)20-14-6-4-13(5-7-14)19-12(2)22/h4-9H,3,10-11H2,1-2H3,(H,19,22)(H,20,23). The van der Waals surface area contributed by atoms with E-state index in [0.29, 0.717) is 17.9 Å². The highest BCUT2D eigenvalue weighted by atomic mass is 79.9. The number of likely N-dealkylation sites (N-methyl/N-ethyl adjacent to an activating group) is 1. The summed E-state index contributed by atoms with van der Waals surface area (Å²) in [4.78, 5) is 26.5. The highest BCUT2D eigenvalue weighted by Gasteiger charge is 2.11. The fourth-order valence-electron chi connectivity index (χ4n) is 2.18. The molecule has 0 bridgehead atoms. The van der Waals surface area contributed by atoms with Gasteiger partial charge >= 0.3 is 0 Å². The number of rotatable bonds is 7. The van der Waals surface area contributed by atoms with Crippen molar-refractivity contribution in [2.45, 2.75) is 20.4 Å². The van der Waals surface area contributed by atoms with Crippen LogP contribution in [-0.4, -0.2) is 29.8 Å². The summed E-state index contributed by atoms with van der Waals surface area (Å²) < 4.78 is 1.09. The van der Waals surface area contributed by atoms with Crippen molar-refractivity contribution in [3.8, 4) is 0 Å². The van der Waals surface area contributed by atoms with Crippen molar-refractivity contribution >= 4 is 50.5 Å². The van der Waals surface area contributed by atoms with E-state index in [4.69, 9.17) is 0 Å². The zero-order valence-corrected chi connectivity index (χ0v) is 16.0. The molecule has 0 radical (unpaired) electrons. The van der Waals surface area contributed by atoms with Crippen molar-refractivity contribution in [2.24, 2.45) is 0 Å². The summed E-state index contributed by atoms with van der Waals surface area (Å²) in [5, 5.41) is 5.57. The van der Waals surface area contributed by atoms with Gasteiger partial charge in [-0.05, 0) is 58.9 Å². The second-order valence-corrected chi connectivity index (χ2v) is 7.86. The Morgan fingerprint density at radius 1 is 1.08 bits per heavy atom. The van der Waals surface area contributed by atoms with Crippen LogP contribution in [0.1, 0.15) is 18.7 Å². The Morgan fingerprint density at radius 3 is 2.21 bits per heavy atom. The first-order chi connectivity index (χ1) is 11.5. The molecule has 2 N–H and O–H groups in total. The molecular formula is C17H20BrN3O2S. The highest BCUT2D eigenvalue weighted by molar-refractivity contribution is 9.11.